The monoisotopic (exact) mass is 327 g/mol. The minimum atomic E-state index is -3.43. The van der Waals surface area contributed by atoms with Crippen LogP contribution in [0.4, 0.5) is 4.79 Å². The van der Waals surface area contributed by atoms with Crippen molar-refractivity contribution < 1.29 is 17.9 Å². The van der Waals surface area contributed by atoms with Gasteiger partial charge in [0, 0.05) is 19.7 Å². The van der Waals surface area contributed by atoms with E-state index >= 15 is 0 Å². The van der Waals surface area contributed by atoms with E-state index in [0.717, 1.165) is 25.0 Å². The van der Waals surface area contributed by atoms with Crippen molar-refractivity contribution in [3.8, 4) is 0 Å². The van der Waals surface area contributed by atoms with Crippen molar-refractivity contribution in [1.82, 2.24) is 15.4 Å². The smallest absolute Gasteiger partial charge is 0.315 e. The number of hydrogen-bond donors (Lipinski definition) is 3. The molecule has 1 aromatic carbocycles. The van der Waals surface area contributed by atoms with E-state index < -0.39 is 10.0 Å². The number of ether oxygens (including phenoxy) is 1. The number of rotatable bonds is 6. The summed E-state index contributed by atoms with van der Waals surface area (Å²) in [5.41, 5.74) is 0.822. The fourth-order valence-electron chi connectivity index (χ4n) is 2.16. The van der Waals surface area contributed by atoms with E-state index in [1.165, 1.54) is 19.2 Å². The summed E-state index contributed by atoms with van der Waals surface area (Å²) in [6.45, 7) is 1.60. The van der Waals surface area contributed by atoms with Gasteiger partial charge >= 0.3 is 6.03 Å². The van der Waals surface area contributed by atoms with Gasteiger partial charge in [0.15, 0.2) is 0 Å². The highest BCUT2D eigenvalue weighted by Crippen LogP contribution is 2.11. The molecule has 0 radical (unpaired) electrons. The average Bonchev–Trinajstić information content (AvgIpc) is 3.05. The third kappa shape index (κ3) is 4.69. The Labute approximate surface area is 130 Å². The number of carbonyl (C=O) groups is 1. The molecule has 0 aromatic heterocycles. The van der Waals surface area contributed by atoms with Gasteiger partial charge < -0.3 is 15.4 Å². The molecular weight excluding hydrogens is 306 g/mol. The predicted octanol–water partition coefficient (Wildman–Crippen LogP) is 0.573. The molecule has 122 valence electrons. The molecular formula is C14H21N3O4S. The van der Waals surface area contributed by atoms with Gasteiger partial charge in [0.05, 0.1) is 11.0 Å². The first-order chi connectivity index (χ1) is 10.5. The van der Waals surface area contributed by atoms with Crippen LogP contribution in [0, 0.1) is 0 Å². The Morgan fingerprint density at radius 2 is 2.00 bits per heavy atom. The lowest BCUT2D eigenvalue weighted by Gasteiger charge is -2.12. The Morgan fingerprint density at radius 3 is 2.59 bits per heavy atom. The summed E-state index contributed by atoms with van der Waals surface area (Å²) in [5.74, 6) is 0. The number of urea groups is 1. The van der Waals surface area contributed by atoms with Gasteiger partial charge in [-0.05, 0) is 37.6 Å². The normalized spacial score (nSPS) is 18.1. The molecule has 0 saturated carbocycles. The Bertz CT molecular complexity index is 595. The number of carbonyl (C=O) groups excluding carboxylic acids is 1. The quantitative estimate of drug-likeness (QED) is 0.712. The van der Waals surface area contributed by atoms with Gasteiger partial charge in [0.1, 0.15) is 0 Å². The third-order valence-electron chi connectivity index (χ3n) is 3.47. The summed E-state index contributed by atoms with van der Waals surface area (Å²) in [6.07, 6.45) is 2.12. The summed E-state index contributed by atoms with van der Waals surface area (Å²) in [4.78, 5) is 11.9. The molecule has 1 aromatic rings. The van der Waals surface area contributed by atoms with E-state index in [4.69, 9.17) is 4.74 Å². The maximum absolute atomic E-state index is 11.7. The maximum Gasteiger partial charge on any atom is 0.315 e. The first-order valence-corrected chi connectivity index (χ1v) is 8.65. The molecule has 1 fully saturated rings. The highest BCUT2D eigenvalue weighted by Gasteiger charge is 2.16. The van der Waals surface area contributed by atoms with Crippen LogP contribution in [0.1, 0.15) is 18.4 Å². The SMILES string of the molecule is CNS(=O)(=O)c1ccc(CNC(=O)NC[C@H]2CCCO2)cc1. The van der Waals surface area contributed by atoms with Crippen molar-refractivity contribution >= 4 is 16.1 Å². The highest BCUT2D eigenvalue weighted by molar-refractivity contribution is 7.89. The lowest BCUT2D eigenvalue weighted by molar-refractivity contribution is 0.111. The summed E-state index contributed by atoms with van der Waals surface area (Å²) < 4.78 is 30.8. The first-order valence-electron chi connectivity index (χ1n) is 7.17. The second-order valence-corrected chi connectivity index (χ2v) is 6.94. The molecule has 0 unspecified atom stereocenters. The lowest BCUT2D eigenvalue weighted by atomic mass is 10.2. The molecule has 2 rings (SSSR count). The van der Waals surface area contributed by atoms with Crippen LogP contribution in [-0.2, 0) is 21.3 Å². The van der Waals surface area contributed by atoms with Crippen LogP contribution >= 0.6 is 0 Å². The molecule has 1 heterocycles. The second-order valence-electron chi connectivity index (χ2n) is 5.05. The van der Waals surface area contributed by atoms with Crippen LogP contribution in [0.15, 0.2) is 29.2 Å². The molecule has 7 nitrogen and oxygen atoms in total. The van der Waals surface area contributed by atoms with E-state index in [1.807, 2.05) is 0 Å². The molecule has 1 aliphatic rings. The van der Waals surface area contributed by atoms with Gasteiger partial charge in [-0.3, -0.25) is 0 Å². The zero-order valence-electron chi connectivity index (χ0n) is 12.5. The summed E-state index contributed by atoms with van der Waals surface area (Å²) in [7, 11) is -2.06. The molecule has 1 atom stereocenters. The van der Waals surface area contributed by atoms with Gasteiger partial charge in [-0.1, -0.05) is 12.1 Å². The molecule has 0 spiro atoms. The van der Waals surface area contributed by atoms with E-state index in [-0.39, 0.29) is 17.0 Å². The summed E-state index contributed by atoms with van der Waals surface area (Å²) in [6, 6.07) is 6.09. The van der Waals surface area contributed by atoms with Crippen molar-refractivity contribution in [2.24, 2.45) is 0 Å². The zero-order valence-corrected chi connectivity index (χ0v) is 13.3. The van der Waals surface area contributed by atoms with Gasteiger partial charge in [0.25, 0.3) is 0 Å². The fraction of sp³-hybridized carbons (Fsp3) is 0.500. The molecule has 3 N–H and O–H groups in total. The summed E-state index contributed by atoms with van der Waals surface area (Å²) in [5, 5.41) is 5.48. The van der Waals surface area contributed by atoms with Gasteiger partial charge in [-0.15, -0.1) is 0 Å². The number of hydrogen-bond acceptors (Lipinski definition) is 4. The van der Waals surface area contributed by atoms with Crippen molar-refractivity contribution in [1.29, 1.82) is 0 Å². The molecule has 1 aliphatic heterocycles. The van der Waals surface area contributed by atoms with Crippen molar-refractivity contribution in [3.05, 3.63) is 29.8 Å². The third-order valence-corrected chi connectivity index (χ3v) is 4.90. The number of sulfonamides is 1. The van der Waals surface area contributed by atoms with Crippen molar-refractivity contribution in [2.45, 2.75) is 30.4 Å². The van der Waals surface area contributed by atoms with Crippen molar-refractivity contribution in [3.63, 3.8) is 0 Å². The fourth-order valence-corrected chi connectivity index (χ4v) is 2.89. The molecule has 0 bridgehead atoms. The van der Waals surface area contributed by atoms with Crippen molar-refractivity contribution in [2.75, 3.05) is 20.2 Å². The zero-order chi connectivity index (χ0) is 16.0. The lowest BCUT2D eigenvalue weighted by Crippen LogP contribution is -2.39. The van der Waals surface area contributed by atoms with Gasteiger partial charge in [-0.2, -0.15) is 0 Å². The number of benzene rings is 1. The predicted molar refractivity (Wildman–Crippen MR) is 81.9 cm³/mol. The minimum Gasteiger partial charge on any atom is -0.376 e. The number of amides is 2. The van der Waals surface area contributed by atoms with E-state index in [9.17, 15) is 13.2 Å². The van der Waals surface area contributed by atoms with Gasteiger partial charge in [-0.25, -0.2) is 17.9 Å². The molecule has 22 heavy (non-hydrogen) atoms. The summed E-state index contributed by atoms with van der Waals surface area (Å²) >= 11 is 0. The Morgan fingerprint density at radius 1 is 1.27 bits per heavy atom. The molecule has 8 heteroatoms. The van der Waals surface area contributed by atoms with E-state index in [1.54, 1.807) is 12.1 Å². The van der Waals surface area contributed by atoms with Gasteiger partial charge in [0.2, 0.25) is 10.0 Å². The number of nitrogens with one attached hydrogen (secondary N) is 3. The van der Waals surface area contributed by atoms with Crippen LogP contribution in [0.25, 0.3) is 0 Å². The highest BCUT2D eigenvalue weighted by atomic mass is 32.2. The maximum atomic E-state index is 11.7. The Hall–Kier alpha value is -1.64. The average molecular weight is 327 g/mol. The second kappa shape index (κ2) is 7.57. The Balaban J connectivity index is 1.77. The molecule has 1 saturated heterocycles. The first kappa shape index (κ1) is 16.7. The molecule has 0 aliphatic carbocycles. The van der Waals surface area contributed by atoms with E-state index in [0.29, 0.717) is 13.1 Å². The van der Waals surface area contributed by atoms with Crippen LogP contribution in [0.3, 0.4) is 0 Å². The Kier molecular flexibility index (Phi) is 5.76. The largest absolute Gasteiger partial charge is 0.376 e. The molecule has 2 amide bonds. The standard InChI is InChI=1S/C14H21N3O4S/c1-15-22(19,20)13-6-4-11(5-7-13)9-16-14(18)17-10-12-3-2-8-21-12/h4-7,12,15H,2-3,8-10H2,1H3,(H2,16,17,18)/t12-/m1/s1. The van der Waals surface area contributed by atoms with Crippen LogP contribution in [-0.4, -0.2) is 40.8 Å². The van der Waals surface area contributed by atoms with Crippen LogP contribution < -0.4 is 15.4 Å². The van der Waals surface area contributed by atoms with E-state index in [2.05, 4.69) is 15.4 Å². The van der Waals surface area contributed by atoms with Crippen LogP contribution in [0.2, 0.25) is 0 Å². The van der Waals surface area contributed by atoms with Crippen LogP contribution in [0.5, 0.6) is 0 Å². The topological polar surface area (TPSA) is 96.5 Å². The minimum absolute atomic E-state index is 0.108.